The molecule has 90 valence electrons. The minimum atomic E-state index is 0.637. The van der Waals surface area contributed by atoms with Gasteiger partial charge in [-0.3, -0.25) is 0 Å². The number of nitrogens with one attached hydrogen (secondary N) is 1. The summed E-state index contributed by atoms with van der Waals surface area (Å²) >= 11 is 0. The van der Waals surface area contributed by atoms with Crippen molar-refractivity contribution in [3.05, 3.63) is 0 Å². The van der Waals surface area contributed by atoms with E-state index < -0.39 is 0 Å². The summed E-state index contributed by atoms with van der Waals surface area (Å²) in [5, 5.41) is 3.49. The number of hydrogen-bond donors (Lipinski definition) is 1. The van der Waals surface area contributed by atoms with Crippen LogP contribution in [-0.2, 0) is 9.47 Å². The predicted octanol–water partition coefficient (Wildman–Crippen LogP) is 1.82. The van der Waals surface area contributed by atoms with Gasteiger partial charge in [-0.05, 0) is 19.3 Å². The van der Waals surface area contributed by atoms with E-state index >= 15 is 0 Å². The zero-order valence-corrected chi connectivity index (χ0v) is 10.1. The summed E-state index contributed by atoms with van der Waals surface area (Å²) in [6.45, 7) is 8.91. The Balaban J connectivity index is 1.87. The molecule has 0 aromatic rings. The van der Waals surface area contributed by atoms with Gasteiger partial charge in [-0.15, -0.1) is 0 Å². The number of hydrogen-bond acceptors (Lipinski definition) is 3. The second-order valence-corrected chi connectivity index (χ2v) is 4.27. The molecule has 1 aliphatic heterocycles. The average Bonchev–Trinajstić information content (AvgIpc) is 2.76. The van der Waals surface area contributed by atoms with E-state index in [2.05, 4.69) is 19.2 Å². The Kier molecular flexibility index (Phi) is 6.98. The zero-order valence-electron chi connectivity index (χ0n) is 10.1. The van der Waals surface area contributed by atoms with Gasteiger partial charge in [-0.1, -0.05) is 13.8 Å². The maximum absolute atomic E-state index is 5.61. The Morgan fingerprint density at radius 3 is 2.80 bits per heavy atom. The van der Waals surface area contributed by atoms with Gasteiger partial charge in [0.15, 0.2) is 0 Å². The molecule has 1 heterocycles. The highest BCUT2D eigenvalue weighted by atomic mass is 16.5. The standard InChI is InChI=1S/C12H25NO2/c1-3-12(4-2)13-6-8-15-10-11-5-7-14-9-11/h11-13H,3-10H2,1-2H3. The lowest BCUT2D eigenvalue weighted by Gasteiger charge is -2.15. The third-order valence-corrected chi connectivity index (χ3v) is 3.04. The molecule has 3 nitrogen and oxygen atoms in total. The van der Waals surface area contributed by atoms with E-state index in [0.29, 0.717) is 12.0 Å². The molecular weight excluding hydrogens is 190 g/mol. The van der Waals surface area contributed by atoms with Crippen molar-refractivity contribution >= 4 is 0 Å². The van der Waals surface area contributed by atoms with Crippen LogP contribution in [0.15, 0.2) is 0 Å². The van der Waals surface area contributed by atoms with E-state index in [4.69, 9.17) is 9.47 Å². The van der Waals surface area contributed by atoms with E-state index in [1.807, 2.05) is 0 Å². The summed E-state index contributed by atoms with van der Waals surface area (Å²) in [5.74, 6) is 0.637. The molecule has 1 saturated heterocycles. The van der Waals surface area contributed by atoms with Crippen molar-refractivity contribution < 1.29 is 9.47 Å². The highest BCUT2D eigenvalue weighted by Gasteiger charge is 2.15. The van der Waals surface area contributed by atoms with Crippen LogP contribution in [0.1, 0.15) is 33.1 Å². The minimum Gasteiger partial charge on any atom is -0.381 e. The molecule has 1 unspecified atom stereocenters. The van der Waals surface area contributed by atoms with Gasteiger partial charge >= 0.3 is 0 Å². The van der Waals surface area contributed by atoms with Crippen molar-refractivity contribution in [2.24, 2.45) is 5.92 Å². The van der Waals surface area contributed by atoms with Crippen LogP contribution in [0.4, 0.5) is 0 Å². The first-order valence-corrected chi connectivity index (χ1v) is 6.25. The first-order valence-electron chi connectivity index (χ1n) is 6.25. The van der Waals surface area contributed by atoms with Gasteiger partial charge < -0.3 is 14.8 Å². The molecular formula is C12H25NO2. The fraction of sp³-hybridized carbons (Fsp3) is 1.00. The van der Waals surface area contributed by atoms with Crippen molar-refractivity contribution in [1.82, 2.24) is 5.32 Å². The van der Waals surface area contributed by atoms with Crippen molar-refractivity contribution in [1.29, 1.82) is 0 Å². The molecule has 0 aliphatic carbocycles. The Morgan fingerprint density at radius 1 is 1.40 bits per heavy atom. The highest BCUT2D eigenvalue weighted by Crippen LogP contribution is 2.11. The fourth-order valence-corrected chi connectivity index (χ4v) is 1.88. The van der Waals surface area contributed by atoms with Crippen LogP contribution in [0.5, 0.6) is 0 Å². The summed E-state index contributed by atoms with van der Waals surface area (Å²) in [6.07, 6.45) is 3.57. The van der Waals surface area contributed by atoms with E-state index in [1.165, 1.54) is 19.3 Å². The van der Waals surface area contributed by atoms with E-state index in [-0.39, 0.29) is 0 Å². The predicted molar refractivity (Wildman–Crippen MR) is 62.1 cm³/mol. The van der Waals surface area contributed by atoms with Crippen molar-refractivity contribution in [2.75, 3.05) is 33.0 Å². The van der Waals surface area contributed by atoms with Crippen LogP contribution in [-0.4, -0.2) is 39.0 Å². The van der Waals surface area contributed by atoms with Gasteiger partial charge in [0.05, 0.1) is 19.8 Å². The van der Waals surface area contributed by atoms with Crippen LogP contribution in [0, 0.1) is 5.92 Å². The van der Waals surface area contributed by atoms with Crippen LogP contribution in [0.2, 0.25) is 0 Å². The molecule has 0 amide bonds. The second kappa shape index (κ2) is 8.08. The molecule has 0 saturated carbocycles. The van der Waals surface area contributed by atoms with Crippen LogP contribution < -0.4 is 5.32 Å². The Hall–Kier alpha value is -0.120. The molecule has 0 radical (unpaired) electrons. The second-order valence-electron chi connectivity index (χ2n) is 4.27. The van der Waals surface area contributed by atoms with E-state index in [9.17, 15) is 0 Å². The monoisotopic (exact) mass is 215 g/mol. The van der Waals surface area contributed by atoms with Crippen LogP contribution in [0.3, 0.4) is 0 Å². The smallest absolute Gasteiger partial charge is 0.0591 e. The Labute approximate surface area is 93.5 Å². The quantitative estimate of drug-likeness (QED) is 0.626. The molecule has 1 atom stereocenters. The number of rotatable bonds is 8. The highest BCUT2D eigenvalue weighted by molar-refractivity contribution is 4.64. The SMILES string of the molecule is CCC(CC)NCCOCC1CCOC1. The van der Waals surface area contributed by atoms with Crippen molar-refractivity contribution in [2.45, 2.75) is 39.2 Å². The molecule has 1 aliphatic rings. The molecule has 0 bridgehead atoms. The molecule has 15 heavy (non-hydrogen) atoms. The van der Waals surface area contributed by atoms with Gasteiger partial charge in [0.2, 0.25) is 0 Å². The molecule has 0 aromatic carbocycles. The van der Waals surface area contributed by atoms with E-state index in [0.717, 1.165) is 33.0 Å². The lowest BCUT2D eigenvalue weighted by atomic mass is 10.1. The maximum atomic E-state index is 5.61. The first kappa shape index (κ1) is 12.9. The Morgan fingerprint density at radius 2 is 2.20 bits per heavy atom. The van der Waals surface area contributed by atoms with Gasteiger partial charge in [0.1, 0.15) is 0 Å². The molecule has 3 heteroatoms. The zero-order chi connectivity index (χ0) is 10.9. The van der Waals surface area contributed by atoms with Gasteiger partial charge in [-0.25, -0.2) is 0 Å². The minimum absolute atomic E-state index is 0.637. The molecule has 1 rings (SSSR count). The normalized spacial score (nSPS) is 21.4. The summed E-state index contributed by atoms with van der Waals surface area (Å²) in [4.78, 5) is 0. The molecule has 0 spiro atoms. The lowest BCUT2D eigenvalue weighted by Crippen LogP contribution is -2.31. The summed E-state index contributed by atoms with van der Waals surface area (Å²) in [7, 11) is 0. The maximum Gasteiger partial charge on any atom is 0.0591 e. The number of ether oxygens (including phenoxy) is 2. The Bertz CT molecular complexity index is 139. The summed E-state index contributed by atoms with van der Waals surface area (Å²) in [5.41, 5.74) is 0. The molecule has 1 N–H and O–H groups in total. The topological polar surface area (TPSA) is 30.5 Å². The molecule has 0 aromatic heterocycles. The molecule has 1 fully saturated rings. The van der Waals surface area contributed by atoms with Gasteiger partial charge in [-0.2, -0.15) is 0 Å². The lowest BCUT2D eigenvalue weighted by molar-refractivity contribution is 0.0899. The largest absolute Gasteiger partial charge is 0.381 e. The van der Waals surface area contributed by atoms with Crippen LogP contribution in [0.25, 0.3) is 0 Å². The van der Waals surface area contributed by atoms with Gasteiger partial charge in [0.25, 0.3) is 0 Å². The first-order chi connectivity index (χ1) is 7.36. The van der Waals surface area contributed by atoms with E-state index in [1.54, 1.807) is 0 Å². The average molecular weight is 215 g/mol. The fourth-order valence-electron chi connectivity index (χ4n) is 1.88. The summed E-state index contributed by atoms with van der Waals surface area (Å²) in [6, 6.07) is 0.656. The van der Waals surface area contributed by atoms with Crippen molar-refractivity contribution in [3.63, 3.8) is 0 Å². The van der Waals surface area contributed by atoms with Crippen LogP contribution >= 0.6 is 0 Å². The summed E-state index contributed by atoms with van der Waals surface area (Å²) < 4.78 is 10.9. The van der Waals surface area contributed by atoms with Crippen molar-refractivity contribution in [3.8, 4) is 0 Å². The third-order valence-electron chi connectivity index (χ3n) is 3.04. The third kappa shape index (κ3) is 5.50. The van der Waals surface area contributed by atoms with Gasteiger partial charge in [0, 0.05) is 25.1 Å².